The number of anilines is 2. The maximum absolute atomic E-state index is 11.3. The van der Waals surface area contributed by atoms with E-state index in [0.717, 1.165) is 19.4 Å². The van der Waals surface area contributed by atoms with Crippen molar-refractivity contribution in [2.75, 3.05) is 30.3 Å². The topological polar surface area (TPSA) is 95.2 Å². The van der Waals surface area contributed by atoms with Crippen molar-refractivity contribution in [3.63, 3.8) is 0 Å². The molecule has 0 saturated carbocycles. The molecule has 0 bridgehead atoms. The number of aromatic nitrogens is 2. The molecule has 16 heavy (non-hydrogen) atoms. The number of nitrogens with two attached hydrogens (primary N) is 1. The average molecular weight is 224 g/mol. The normalized spacial score (nSPS) is 21.1. The van der Waals surface area contributed by atoms with Crippen molar-refractivity contribution in [2.24, 2.45) is 5.92 Å². The van der Waals surface area contributed by atoms with E-state index in [1.54, 1.807) is 0 Å². The van der Waals surface area contributed by atoms with Gasteiger partial charge in [0, 0.05) is 19.7 Å². The van der Waals surface area contributed by atoms with E-state index in [4.69, 9.17) is 10.8 Å². The van der Waals surface area contributed by atoms with E-state index >= 15 is 0 Å². The molecule has 2 rings (SSSR count). The first-order valence-electron chi connectivity index (χ1n) is 5.41. The number of aliphatic hydroxyl groups is 1. The summed E-state index contributed by atoms with van der Waals surface area (Å²) in [4.78, 5) is 19.8. The van der Waals surface area contributed by atoms with E-state index in [1.807, 2.05) is 4.90 Å². The van der Waals surface area contributed by atoms with Crippen molar-refractivity contribution in [1.82, 2.24) is 9.97 Å². The smallest absolute Gasteiger partial charge is 0.276 e. The molecular formula is C10H16N4O2. The van der Waals surface area contributed by atoms with E-state index in [2.05, 4.69) is 9.97 Å². The van der Waals surface area contributed by atoms with Crippen LogP contribution in [0, 0.1) is 5.92 Å². The highest BCUT2D eigenvalue weighted by molar-refractivity contribution is 5.60. The van der Waals surface area contributed by atoms with Gasteiger partial charge < -0.3 is 20.7 Å². The van der Waals surface area contributed by atoms with Crippen LogP contribution in [0.2, 0.25) is 0 Å². The number of nitrogens with zero attached hydrogens (tertiary/aromatic N) is 2. The first kappa shape index (κ1) is 10.9. The van der Waals surface area contributed by atoms with Crippen molar-refractivity contribution in [3.8, 4) is 0 Å². The lowest BCUT2D eigenvalue weighted by Gasteiger charge is -2.32. The van der Waals surface area contributed by atoms with Crippen LogP contribution < -0.4 is 16.2 Å². The molecule has 6 nitrogen and oxygen atoms in total. The Morgan fingerprint density at radius 1 is 1.69 bits per heavy atom. The molecule has 6 heteroatoms. The van der Waals surface area contributed by atoms with E-state index in [-0.39, 0.29) is 23.8 Å². The highest BCUT2D eigenvalue weighted by Gasteiger charge is 2.22. The van der Waals surface area contributed by atoms with Gasteiger partial charge in [-0.3, -0.25) is 4.79 Å². The van der Waals surface area contributed by atoms with Gasteiger partial charge in [0.2, 0.25) is 0 Å². The summed E-state index contributed by atoms with van der Waals surface area (Å²) in [5, 5.41) is 9.13. The molecule has 1 aromatic rings. The molecule has 1 aliphatic heterocycles. The van der Waals surface area contributed by atoms with Crippen LogP contribution in [0.4, 0.5) is 11.5 Å². The Hall–Kier alpha value is -1.56. The van der Waals surface area contributed by atoms with Gasteiger partial charge in [-0.05, 0) is 18.8 Å². The number of piperidine rings is 1. The lowest BCUT2D eigenvalue weighted by Crippen LogP contribution is -2.38. The number of hydrogen-bond acceptors (Lipinski definition) is 5. The van der Waals surface area contributed by atoms with Crippen LogP contribution in [0.3, 0.4) is 0 Å². The Balaban J connectivity index is 2.23. The molecule has 1 fully saturated rings. The second-order valence-electron chi connectivity index (χ2n) is 4.11. The fourth-order valence-corrected chi connectivity index (χ4v) is 2.06. The predicted octanol–water partition coefficient (Wildman–Crippen LogP) is -0.439. The maximum atomic E-state index is 11.3. The van der Waals surface area contributed by atoms with Gasteiger partial charge in [-0.25, -0.2) is 4.98 Å². The van der Waals surface area contributed by atoms with E-state index < -0.39 is 0 Å². The van der Waals surface area contributed by atoms with Crippen LogP contribution in [0.15, 0.2) is 11.1 Å². The number of aromatic amines is 1. The summed E-state index contributed by atoms with van der Waals surface area (Å²) >= 11 is 0. The summed E-state index contributed by atoms with van der Waals surface area (Å²) in [5.74, 6) is 0.774. The number of nitrogen functional groups attached to an aromatic ring is 1. The Labute approximate surface area is 93.1 Å². The quantitative estimate of drug-likeness (QED) is 0.633. The third-order valence-corrected chi connectivity index (χ3v) is 2.94. The van der Waals surface area contributed by atoms with Crippen molar-refractivity contribution in [2.45, 2.75) is 12.8 Å². The second-order valence-corrected chi connectivity index (χ2v) is 4.11. The molecule has 1 saturated heterocycles. The average Bonchev–Trinajstić information content (AvgIpc) is 2.33. The lowest BCUT2D eigenvalue weighted by atomic mass is 9.99. The summed E-state index contributed by atoms with van der Waals surface area (Å²) in [6.07, 6.45) is 3.35. The number of aliphatic hydroxyl groups excluding tert-OH is 1. The molecule has 0 aliphatic carbocycles. The summed E-state index contributed by atoms with van der Waals surface area (Å²) in [5.41, 5.74) is 5.53. The molecule has 0 spiro atoms. The minimum absolute atomic E-state index is 0.154. The maximum Gasteiger partial charge on any atom is 0.276 e. The molecule has 0 amide bonds. The number of hydrogen-bond donors (Lipinski definition) is 3. The molecule has 1 aromatic heterocycles. The van der Waals surface area contributed by atoms with Crippen LogP contribution in [0.5, 0.6) is 0 Å². The van der Waals surface area contributed by atoms with Crippen LogP contribution in [-0.4, -0.2) is 34.8 Å². The fraction of sp³-hybridized carbons (Fsp3) is 0.600. The molecule has 88 valence electrons. The van der Waals surface area contributed by atoms with Crippen molar-refractivity contribution in [1.29, 1.82) is 0 Å². The molecule has 0 aromatic carbocycles. The summed E-state index contributed by atoms with van der Waals surface area (Å²) < 4.78 is 0. The van der Waals surface area contributed by atoms with E-state index in [0.29, 0.717) is 12.4 Å². The Kier molecular flexibility index (Phi) is 3.09. The van der Waals surface area contributed by atoms with Crippen molar-refractivity contribution in [3.05, 3.63) is 16.7 Å². The molecular weight excluding hydrogens is 208 g/mol. The van der Waals surface area contributed by atoms with Gasteiger partial charge in [0.1, 0.15) is 5.69 Å². The Bertz CT molecular complexity index is 418. The Morgan fingerprint density at radius 3 is 3.25 bits per heavy atom. The molecule has 2 heterocycles. The van der Waals surface area contributed by atoms with Gasteiger partial charge >= 0.3 is 0 Å². The van der Waals surface area contributed by atoms with Crippen LogP contribution >= 0.6 is 0 Å². The third-order valence-electron chi connectivity index (χ3n) is 2.94. The van der Waals surface area contributed by atoms with Gasteiger partial charge in [-0.1, -0.05) is 0 Å². The van der Waals surface area contributed by atoms with Crippen LogP contribution in [0.25, 0.3) is 0 Å². The van der Waals surface area contributed by atoms with Gasteiger partial charge in [0.05, 0.1) is 6.33 Å². The predicted molar refractivity (Wildman–Crippen MR) is 61.3 cm³/mol. The number of nitrogens with one attached hydrogen (secondary N) is 1. The van der Waals surface area contributed by atoms with Gasteiger partial charge in [0.15, 0.2) is 5.82 Å². The Morgan fingerprint density at radius 2 is 2.50 bits per heavy atom. The standard InChI is InChI=1S/C10H16N4O2/c11-8-9(12-6-13-10(8)16)14-3-1-2-7(4-14)5-15/h6-7,15H,1-5,11H2,(H,12,13,16). The van der Waals surface area contributed by atoms with Gasteiger partial charge in [-0.15, -0.1) is 0 Å². The summed E-state index contributed by atoms with van der Waals surface area (Å²) in [7, 11) is 0. The fourth-order valence-electron chi connectivity index (χ4n) is 2.06. The monoisotopic (exact) mass is 224 g/mol. The molecule has 4 N–H and O–H groups in total. The van der Waals surface area contributed by atoms with E-state index in [9.17, 15) is 4.79 Å². The van der Waals surface area contributed by atoms with Gasteiger partial charge in [-0.2, -0.15) is 0 Å². The van der Waals surface area contributed by atoms with Crippen LogP contribution in [0.1, 0.15) is 12.8 Å². The minimum Gasteiger partial charge on any atom is -0.396 e. The number of H-pyrrole nitrogens is 1. The highest BCUT2D eigenvalue weighted by atomic mass is 16.3. The largest absolute Gasteiger partial charge is 0.396 e. The number of rotatable bonds is 2. The SMILES string of the molecule is Nc1c(N2CCCC(CO)C2)nc[nH]c1=O. The third kappa shape index (κ3) is 2.01. The first-order chi connectivity index (χ1) is 7.72. The van der Waals surface area contributed by atoms with Crippen molar-refractivity contribution >= 4 is 11.5 Å². The van der Waals surface area contributed by atoms with E-state index in [1.165, 1.54) is 6.33 Å². The molecule has 1 unspecified atom stereocenters. The molecule has 1 aliphatic rings. The second kappa shape index (κ2) is 4.52. The first-order valence-corrected chi connectivity index (χ1v) is 5.41. The zero-order chi connectivity index (χ0) is 11.5. The summed E-state index contributed by atoms with van der Waals surface area (Å²) in [6, 6.07) is 0. The van der Waals surface area contributed by atoms with Gasteiger partial charge in [0.25, 0.3) is 5.56 Å². The lowest BCUT2D eigenvalue weighted by molar-refractivity contribution is 0.208. The zero-order valence-electron chi connectivity index (χ0n) is 9.02. The molecule has 0 radical (unpaired) electrons. The molecule has 1 atom stereocenters. The van der Waals surface area contributed by atoms with Crippen molar-refractivity contribution < 1.29 is 5.11 Å². The summed E-state index contributed by atoms with van der Waals surface area (Å²) in [6.45, 7) is 1.70. The van der Waals surface area contributed by atoms with Crippen LogP contribution in [-0.2, 0) is 0 Å². The zero-order valence-corrected chi connectivity index (χ0v) is 9.02. The highest BCUT2D eigenvalue weighted by Crippen LogP contribution is 2.23. The minimum atomic E-state index is -0.309.